The van der Waals surface area contributed by atoms with Crippen molar-refractivity contribution in [1.82, 2.24) is 19.6 Å². The number of hydrogen-bond donors (Lipinski definition) is 0. The van der Waals surface area contributed by atoms with E-state index in [2.05, 4.69) is 15.1 Å². The molecule has 0 atom stereocenters. The summed E-state index contributed by atoms with van der Waals surface area (Å²) < 4.78 is 86.9. The monoisotopic (exact) mass is 452 g/mol. The summed E-state index contributed by atoms with van der Waals surface area (Å²) in [6, 6.07) is 6.78. The van der Waals surface area contributed by atoms with Crippen molar-refractivity contribution in [3.05, 3.63) is 66.2 Å². The number of pyridine rings is 1. The molecule has 0 N–H and O–H groups in total. The molecule has 0 saturated heterocycles. The minimum absolute atomic E-state index is 0.0383. The maximum atomic E-state index is 13.8. The van der Waals surface area contributed by atoms with Gasteiger partial charge in [0.15, 0.2) is 11.3 Å². The molecule has 4 rings (SSSR count). The maximum absolute atomic E-state index is 13.8. The number of hydrogen-bond acceptors (Lipinski definition) is 4. The van der Waals surface area contributed by atoms with E-state index in [4.69, 9.17) is 4.74 Å². The lowest BCUT2D eigenvalue weighted by molar-refractivity contribution is -0.142. The molecule has 4 aromatic rings. The summed E-state index contributed by atoms with van der Waals surface area (Å²) in [6.07, 6.45) is -5.28. The van der Waals surface area contributed by atoms with E-state index in [1.807, 2.05) is 0 Å². The van der Waals surface area contributed by atoms with Gasteiger partial charge in [0.05, 0.1) is 24.1 Å². The molecule has 3 heterocycles. The molecule has 0 bridgehead atoms. The summed E-state index contributed by atoms with van der Waals surface area (Å²) >= 11 is 0. The Labute approximate surface area is 177 Å². The van der Waals surface area contributed by atoms with Crippen LogP contribution >= 0.6 is 0 Å². The minimum atomic E-state index is -4.79. The summed E-state index contributed by atoms with van der Waals surface area (Å²) in [5.41, 5.74) is -1.52. The Morgan fingerprint density at radius 1 is 0.906 bits per heavy atom. The van der Waals surface area contributed by atoms with Gasteiger partial charge in [0.1, 0.15) is 5.75 Å². The molecule has 0 saturated carbocycles. The van der Waals surface area contributed by atoms with Crippen molar-refractivity contribution >= 4 is 5.65 Å². The van der Waals surface area contributed by atoms with Crippen LogP contribution in [0.1, 0.15) is 18.2 Å². The zero-order chi connectivity index (χ0) is 23.1. The number of fused-ring (bicyclic) bond motifs is 1. The quantitative estimate of drug-likeness (QED) is 0.362. The molecule has 0 radical (unpaired) electrons. The minimum Gasteiger partial charge on any atom is -0.493 e. The summed E-state index contributed by atoms with van der Waals surface area (Å²) in [5, 5.41) is 3.83. The Hall–Kier alpha value is -3.63. The van der Waals surface area contributed by atoms with Gasteiger partial charge in [0.25, 0.3) is 0 Å². The topological polar surface area (TPSA) is 52.3 Å². The van der Waals surface area contributed by atoms with Crippen molar-refractivity contribution in [1.29, 1.82) is 0 Å². The van der Waals surface area contributed by atoms with Gasteiger partial charge < -0.3 is 4.74 Å². The lowest BCUT2D eigenvalue weighted by atomic mass is 10.1. The third-order valence-electron chi connectivity index (χ3n) is 4.64. The molecule has 0 aliphatic rings. The highest BCUT2D eigenvalue weighted by Crippen LogP contribution is 2.40. The van der Waals surface area contributed by atoms with Crippen LogP contribution in [0.2, 0.25) is 0 Å². The predicted molar refractivity (Wildman–Crippen MR) is 103 cm³/mol. The second kappa shape index (κ2) is 7.81. The van der Waals surface area contributed by atoms with Gasteiger partial charge in [-0.25, -0.2) is 9.50 Å². The zero-order valence-corrected chi connectivity index (χ0v) is 16.4. The van der Waals surface area contributed by atoms with Gasteiger partial charge in [-0.05, 0) is 42.8 Å². The smallest absolute Gasteiger partial charge is 0.433 e. The first-order valence-corrected chi connectivity index (χ1v) is 9.30. The number of halogens is 6. The van der Waals surface area contributed by atoms with Crippen LogP contribution in [-0.2, 0) is 12.4 Å². The SMILES string of the molecule is CCOc1cc(-c2cc(C(F)(F)F)n3ncc(-c4ccncc4)c3n2)ccc1C(F)(F)F. The fourth-order valence-corrected chi connectivity index (χ4v) is 3.24. The summed E-state index contributed by atoms with van der Waals surface area (Å²) in [7, 11) is 0. The predicted octanol–water partition coefficient (Wildman–Crippen LogP) is 5.89. The maximum Gasteiger partial charge on any atom is 0.433 e. The highest BCUT2D eigenvalue weighted by Gasteiger charge is 2.37. The normalized spacial score (nSPS) is 12.3. The number of alkyl halides is 6. The molecule has 0 aliphatic carbocycles. The molecule has 166 valence electrons. The Morgan fingerprint density at radius 3 is 2.25 bits per heavy atom. The van der Waals surface area contributed by atoms with Crippen LogP contribution < -0.4 is 4.74 Å². The lowest BCUT2D eigenvalue weighted by Crippen LogP contribution is -2.14. The van der Waals surface area contributed by atoms with E-state index >= 15 is 0 Å². The van der Waals surface area contributed by atoms with Gasteiger partial charge >= 0.3 is 12.4 Å². The number of nitrogens with zero attached hydrogens (tertiary/aromatic N) is 4. The molecular formula is C21H14F6N4O. The molecule has 0 aliphatic heterocycles. The number of benzene rings is 1. The Bertz CT molecular complexity index is 1270. The molecule has 32 heavy (non-hydrogen) atoms. The average Bonchev–Trinajstić information content (AvgIpc) is 3.16. The highest BCUT2D eigenvalue weighted by atomic mass is 19.4. The fraction of sp³-hybridized carbons (Fsp3) is 0.190. The van der Waals surface area contributed by atoms with Crippen LogP contribution in [0.15, 0.2) is 55.0 Å². The van der Waals surface area contributed by atoms with Crippen LogP contribution in [0, 0.1) is 0 Å². The summed E-state index contributed by atoms with van der Waals surface area (Å²) in [6.45, 7) is 1.45. The van der Waals surface area contributed by atoms with Crippen LogP contribution in [0.5, 0.6) is 5.75 Å². The Balaban J connectivity index is 1.96. The van der Waals surface area contributed by atoms with E-state index in [1.165, 1.54) is 25.5 Å². The Kier molecular flexibility index (Phi) is 5.27. The zero-order valence-electron chi connectivity index (χ0n) is 16.4. The van der Waals surface area contributed by atoms with Gasteiger partial charge in [-0.2, -0.15) is 31.4 Å². The molecule has 3 aromatic heterocycles. The molecule has 0 spiro atoms. The second-order valence-electron chi connectivity index (χ2n) is 6.70. The fourth-order valence-electron chi connectivity index (χ4n) is 3.24. The van der Waals surface area contributed by atoms with E-state index in [9.17, 15) is 26.3 Å². The van der Waals surface area contributed by atoms with Gasteiger partial charge in [0.2, 0.25) is 0 Å². The van der Waals surface area contributed by atoms with E-state index in [1.54, 1.807) is 12.1 Å². The van der Waals surface area contributed by atoms with Gasteiger partial charge in [0, 0.05) is 23.5 Å². The third kappa shape index (κ3) is 3.97. The highest BCUT2D eigenvalue weighted by molar-refractivity contribution is 5.79. The average molecular weight is 452 g/mol. The molecule has 5 nitrogen and oxygen atoms in total. The number of aromatic nitrogens is 4. The van der Waals surface area contributed by atoms with E-state index in [0.29, 0.717) is 15.6 Å². The van der Waals surface area contributed by atoms with Gasteiger partial charge in [-0.15, -0.1) is 0 Å². The largest absolute Gasteiger partial charge is 0.493 e. The van der Waals surface area contributed by atoms with Crippen LogP contribution in [0.3, 0.4) is 0 Å². The van der Waals surface area contributed by atoms with E-state index in [-0.39, 0.29) is 23.5 Å². The number of rotatable bonds is 4. The van der Waals surface area contributed by atoms with Crippen molar-refractivity contribution in [3.63, 3.8) is 0 Å². The lowest BCUT2D eigenvalue weighted by Gasteiger charge is -2.15. The molecule has 0 fully saturated rings. The van der Waals surface area contributed by atoms with Crippen LogP contribution in [0.4, 0.5) is 26.3 Å². The molecule has 0 amide bonds. The Morgan fingerprint density at radius 2 is 1.62 bits per heavy atom. The first kappa shape index (κ1) is 21.6. The summed E-state index contributed by atoms with van der Waals surface area (Å²) in [4.78, 5) is 8.17. The standard InChI is InChI=1S/C21H14F6N4O/c1-2-32-17-9-13(3-4-15(17)20(22,23)24)16-10-18(21(25,26)27)31-19(30-16)14(11-29-31)12-5-7-28-8-6-12/h3-11H,2H2,1H3. The van der Waals surface area contributed by atoms with Crippen LogP contribution in [0.25, 0.3) is 28.0 Å². The summed E-state index contributed by atoms with van der Waals surface area (Å²) in [5.74, 6) is -0.490. The molecule has 0 unspecified atom stereocenters. The van der Waals surface area contributed by atoms with Crippen molar-refractivity contribution in [2.75, 3.05) is 6.61 Å². The van der Waals surface area contributed by atoms with Crippen LogP contribution in [-0.4, -0.2) is 26.2 Å². The third-order valence-corrected chi connectivity index (χ3v) is 4.64. The molecular weight excluding hydrogens is 438 g/mol. The van der Waals surface area contributed by atoms with Crippen molar-refractivity contribution in [3.8, 4) is 28.1 Å². The first-order valence-electron chi connectivity index (χ1n) is 9.30. The second-order valence-corrected chi connectivity index (χ2v) is 6.70. The molecule has 1 aromatic carbocycles. The number of ether oxygens (including phenoxy) is 1. The molecule has 11 heteroatoms. The van der Waals surface area contributed by atoms with Gasteiger partial charge in [-0.3, -0.25) is 4.98 Å². The van der Waals surface area contributed by atoms with E-state index in [0.717, 1.165) is 24.3 Å². The first-order chi connectivity index (χ1) is 15.1. The van der Waals surface area contributed by atoms with E-state index < -0.39 is 29.4 Å². The van der Waals surface area contributed by atoms with Gasteiger partial charge in [-0.1, -0.05) is 6.07 Å². The van der Waals surface area contributed by atoms with Crippen molar-refractivity contribution in [2.45, 2.75) is 19.3 Å². The van der Waals surface area contributed by atoms with Crippen molar-refractivity contribution < 1.29 is 31.1 Å². The van der Waals surface area contributed by atoms with Crippen molar-refractivity contribution in [2.24, 2.45) is 0 Å².